The van der Waals surface area contributed by atoms with Gasteiger partial charge in [0.2, 0.25) is 0 Å². The molecular weight excluding hydrogens is 248 g/mol. The molecule has 0 radical (unpaired) electrons. The molecule has 3 N–H and O–H groups in total. The molecule has 0 atom stereocenters. The lowest BCUT2D eigenvalue weighted by Crippen LogP contribution is -2.25. The minimum absolute atomic E-state index is 0.654. The SMILES string of the molecule is CN(CCN)Cc1c[nH]nc1-c1cccc(Cl)c1. The van der Waals surface area contributed by atoms with Crippen LogP contribution in [0.3, 0.4) is 0 Å². The molecule has 0 spiro atoms. The van der Waals surface area contributed by atoms with Crippen LogP contribution in [0.4, 0.5) is 0 Å². The first-order valence-electron chi connectivity index (χ1n) is 5.88. The van der Waals surface area contributed by atoms with Crippen molar-refractivity contribution in [3.63, 3.8) is 0 Å². The maximum Gasteiger partial charge on any atom is 0.0966 e. The molecule has 1 heterocycles. The molecule has 0 saturated carbocycles. The average Bonchev–Trinajstić information content (AvgIpc) is 2.77. The number of hydrogen-bond acceptors (Lipinski definition) is 3. The van der Waals surface area contributed by atoms with Crippen molar-refractivity contribution in [1.29, 1.82) is 0 Å². The van der Waals surface area contributed by atoms with Crippen LogP contribution in [0, 0.1) is 0 Å². The summed E-state index contributed by atoms with van der Waals surface area (Å²) < 4.78 is 0. The number of aromatic amines is 1. The Bertz CT molecular complexity index is 509. The standard InChI is InChI=1S/C13H17ClN4/c1-18(6-5-15)9-11-8-16-17-13(11)10-3-2-4-12(14)7-10/h2-4,7-8H,5-6,9,15H2,1H3,(H,16,17). The highest BCUT2D eigenvalue weighted by molar-refractivity contribution is 6.30. The summed E-state index contributed by atoms with van der Waals surface area (Å²) >= 11 is 6.00. The second-order valence-corrected chi connectivity index (χ2v) is 4.73. The molecule has 5 heteroatoms. The maximum absolute atomic E-state index is 6.00. The number of rotatable bonds is 5. The van der Waals surface area contributed by atoms with Crippen molar-refractivity contribution in [3.8, 4) is 11.3 Å². The van der Waals surface area contributed by atoms with E-state index in [0.29, 0.717) is 6.54 Å². The van der Waals surface area contributed by atoms with Gasteiger partial charge in [-0.15, -0.1) is 0 Å². The van der Waals surface area contributed by atoms with Crippen LogP contribution in [0.2, 0.25) is 5.02 Å². The van der Waals surface area contributed by atoms with Gasteiger partial charge in [0, 0.05) is 42.0 Å². The van der Waals surface area contributed by atoms with Gasteiger partial charge >= 0.3 is 0 Å². The zero-order chi connectivity index (χ0) is 13.0. The number of nitrogens with zero attached hydrogens (tertiary/aromatic N) is 2. The van der Waals surface area contributed by atoms with E-state index < -0.39 is 0 Å². The monoisotopic (exact) mass is 264 g/mol. The van der Waals surface area contributed by atoms with Gasteiger partial charge in [-0.2, -0.15) is 5.10 Å². The first kappa shape index (κ1) is 13.1. The average molecular weight is 265 g/mol. The first-order valence-corrected chi connectivity index (χ1v) is 6.25. The first-order chi connectivity index (χ1) is 8.70. The highest BCUT2D eigenvalue weighted by Crippen LogP contribution is 2.24. The lowest BCUT2D eigenvalue weighted by Gasteiger charge is -2.15. The molecule has 0 fully saturated rings. The molecule has 1 aromatic heterocycles. The fraction of sp³-hybridized carbons (Fsp3) is 0.308. The predicted octanol–water partition coefficient (Wildman–Crippen LogP) is 2.12. The van der Waals surface area contributed by atoms with Crippen molar-refractivity contribution in [2.24, 2.45) is 5.73 Å². The lowest BCUT2D eigenvalue weighted by atomic mass is 10.1. The third-order valence-corrected chi connectivity index (χ3v) is 3.00. The summed E-state index contributed by atoms with van der Waals surface area (Å²) in [6.45, 7) is 2.33. The van der Waals surface area contributed by atoms with Crippen molar-refractivity contribution >= 4 is 11.6 Å². The minimum atomic E-state index is 0.654. The summed E-state index contributed by atoms with van der Waals surface area (Å²) in [5, 5.41) is 7.93. The van der Waals surface area contributed by atoms with Gasteiger partial charge in [-0.05, 0) is 19.2 Å². The highest BCUT2D eigenvalue weighted by Gasteiger charge is 2.10. The van der Waals surface area contributed by atoms with Crippen LogP contribution in [0.15, 0.2) is 30.5 Å². The Kier molecular flexibility index (Phi) is 4.36. The second kappa shape index (κ2) is 6.00. The van der Waals surface area contributed by atoms with E-state index in [-0.39, 0.29) is 0 Å². The minimum Gasteiger partial charge on any atom is -0.329 e. The molecule has 0 aliphatic heterocycles. The van der Waals surface area contributed by atoms with Gasteiger partial charge in [0.1, 0.15) is 0 Å². The Labute approximate surface area is 112 Å². The molecule has 0 unspecified atom stereocenters. The van der Waals surface area contributed by atoms with Crippen LogP contribution in [0.1, 0.15) is 5.56 Å². The summed E-state index contributed by atoms with van der Waals surface area (Å²) in [6.07, 6.45) is 1.92. The van der Waals surface area contributed by atoms with Gasteiger partial charge in [-0.3, -0.25) is 5.10 Å². The number of nitrogens with two attached hydrogens (primary N) is 1. The van der Waals surface area contributed by atoms with Gasteiger partial charge in [0.05, 0.1) is 5.69 Å². The van der Waals surface area contributed by atoms with E-state index in [2.05, 4.69) is 15.1 Å². The Morgan fingerprint density at radius 1 is 1.44 bits per heavy atom. The molecule has 1 aromatic carbocycles. The lowest BCUT2D eigenvalue weighted by molar-refractivity contribution is 0.337. The van der Waals surface area contributed by atoms with Crippen molar-refractivity contribution in [2.75, 3.05) is 20.1 Å². The Morgan fingerprint density at radius 3 is 3.00 bits per heavy atom. The van der Waals surface area contributed by atoms with Crippen LogP contribution in [0.5, 0.6) is 0 Å². The van der Waals surface area contributed by atoms with Crippen LogP contribution in [-0.4, -0.2) is 35.2 Å². The number of hydrogen-bond donors (Lipinski definition) is 2. The molecular formula is C13H17ClN4. The zero-order valence-electron chi connectivity index (χ0n) is 10.4. The molecule has 0 aliphatic rings. The number of H-pyrrole nitrogens is 1. The van der Waals surface area contributed by atoms with Gasteiger partial charge in [-0.1, -0.05) is 23.7 Å². The normalized spacial score (nSPS) is 11.1. The third kappa shape index (κ3) is 3.10. The molecule has 18 heavy (non-hydrogen) atoms. The van der Waals surface area contributed by atoms with Crippen molar-refractivity contribution in [3.05, 3.63) is 41.0 Å². The fourth-order valence-electron chi connectivity index (χ4n) is 1.91. The molecule has 2 rings (SSSR count). The molecule has 96 valence electrons. The van der Waals surface area contributed by atoms with Crippen LogP contribution < -0.4 is 5.73 Å². The number of nitrogens with one attached hydrogen (secondary N) is 1. The molecule has 0 saturated heterocycles. The Hall–Kier alpha value is -1.36. The molecule has 0 amide bonds. The fourth-order valence-corrected chi connectivity index (χ4v) is 2.10. The van der Waals surface area contributed by atoms with Crippen LogP contribution in [0.25, 0.3) is 11.3 Å². The summed E-state index contributed by atoms with van der Waals surface area (Å²) in [5.74, 6) is 0. The van der Waals surface area contributed by atoms with Crippen LogP contribution >= 0.6 is 11.6 Å². The summed E-state index contributed by atoms with van der Waals surface area (Å²) in [6, 6.07) is 7.72. The maximum atomic E-state index is 6.00. The highest BCUT2D eigenvalue weighted by atomic mass is 35.5. The van der Waals surface area contributed by atoms with Crippen molar-refractivity contribution < 1.29 is 0 Å². The van der Waals surface area contributed by atoms with E-state index in [1.807, 2.05) is 37.5 Å². The number of halogens is 1. The number of aromatic nitrogens is 2. The largest absolute Gasteiger partial charge is 0.329 e. The van der Waals surface area contributed by atoms with E-state index in [1.54, 1.807) is 0 Å². The molecule has 4 nitrogen and oxygen atoms in total. The van der Waals surface area contributed by atoms with E-state index in [0.717, 1.165) is 34.9 Å². The van der Waals surface area contributed by atoms with E-state index in [1.165, 1.54) is 0 Å². The summed E-state index contributed by atoms with van der Waals surface area (Å²) in [4.78, 5) is 2.17. The Balaban J connectivity index is 2.22. The van der Waals surface area contributed by atoms with Gasteiger partial charge in [0.15, 0.2) is 0 Å². The van der Waals surface area contributed by atoms with Gasteiger partial charge in [-0.25, -0.2) is 0 Å². The summed E-state index contributed by atoms with van der Waals surface area (Å²) in [5.41, 5.74) is 8.66. The molecule has 2 aromatic rings. The van der Waals surface area contributed by atoms with E-state index in [9.17, 15) is 0 Å². The smallest absolute Gasteiger partial charge is 0.0966 e. The topological polar surface area (TPSA) is 57.9 Å². The zero-order valence-corrected chi connectivity index (χ0v) is 11.1. The quantitative estimate of drug-likeness (QED) is 0.870. The molecule has 0 aliphatic carbocycles. The second-order valence-electron chi connectivity index (χ2n) is 4.30. The predicted molar refractivity (Wildman–Crippen MR) is 74.4 cm³/mol. The van der Waals surface area contributed by atoms with Gasteiger partial charge < -0.3 is 10.6 Å². The summed E-state index contributed by atoms with van der Waals surface area (Å²) in [7, 11) is 2.04. The van der Waals surface area contributed by atoms with Crippen molar-refractivity contribution in [1.82, 2.24) is 15.1 Å². The Morgan fingerprint density at radius 2 is 2.28 bits per heavy atom. The van der Waals surface area contributed by atoms with Crippen molar-refractivity contribution in [2.45, 2.75) is 6.54 Å². The van der Waals surface area contributed by atoms with Gasteiger partial charge in [0.25, 0.3) is 0 Å². The number of likely N-dealkylation sites (N-methyl/N-ethyl adjacent to an activating group) is 1. The number of benzene rings is 1. The van der Waals surface area contributed by atoms with E-state index >= 15 is 0 Å². The third-order valence-electron chi connectivity index (χ3n) is 2.77. The van der Waals surface area contributed by atoms with Crippen LogP contribution in [-0.2, 0) is 6.54 Å². The molecule has 0 bridgehead atoms. The van der Waals surface area contributed by atoms with E-state index in [4.69, 9.17) is 17.3 Å².